The zero-order valence-electron chi connectivity index (χ0n) is 10.5. The summed E-state index contributed by atoms with van der Waals surface area (Å²) in [4.78, 5) is 0.00331. The second kappa shape index (κ2) is 5.30. The first-order valence-electron chi connectivity index (χ1n) is 5.63. The first-order chi connectivity index (χ1) is 9.29. The van der Waals surface area contributed by atoms with Gasteiger partial charge in [-0.3, -0.25) is 4.72 Å². The van der Waals surface area contributed by atoms with E-state index in [1.165, 1.54) is 30.3 Å². The van der Waals surface area contributed by atoms with E-state index in [-0.39, 0.29) is 15.6 Å². The molecule has 0 saturated heterocycles. The van der Waals surface area contributed by atoms with Crippen LogP contribution in [0.2, 0.25) is 5.02 Å². The molecule has 0 aromatic heterocycles. The number of hydrogen-bond acceptors (Lipinski definition) is 3. The molecule has 0 radical (unpaired) electrons. The maximum atomic E-state index is 13.6. The Hall–Kier alpha value is -1.79. The van der Waals surface area contributed by atoms with Gasteiger partial charge in [0, 0.05) is 10.7 Å². The van der Waals surface area contributed by atoms with Gasteiger partial charge < -0.3 is 5.73 Å². The van der Waals surface area contributed by atoms with Crippen LogP contribution in [-0.2, 0) is 10.0 Å². The smallest absolute Gasteiger partial charge is 0.261 e. The molecule has 0 spiro atoms. The van der Waals surface area contributed by atoms with Crippen LogP contribution in [0.5, 0.6) is 0 Å². The minimum atomic E-state index is -3.90. The van der Waals surface area contributed by atoms with Gasteiger partial charge in [0.2, 0.25) is 0 Å². The van der Waals surface area contributed by atoms with Crippen molar-refractivity contribution in [1.82, 2.24) is 0 Å². The van der Waals surface area contributed by atoms with E-state index in [4.69, 9.17) is 17.3 Å². The van der Waals surface area contributed by atoms with E-state index in [1.54, 1.807) is 6.92 Å². The molecule has 0 unspecified atom stereocenters. The van der Waals surface area contributed by atoms with Crippen molar-refractivity contribution < 1.29 is 12.8 Å². The SMILES string of the molecule is Cc1cc(S(=O)(=O)Nc2cc(Cl)ccc2F)ccc1N. The number of rotatable bonds is 3. The zero-order valence-corrected chi connectivity index (χ0v) is 12.1. The van der Waals surface area contributed by atoms with Gasteiger partial charge in [0.15, 0.2) is 0 Å². The van der Waals surface area contributed by atoms with Crippen LogP contribution in [0.15, 0.2) is 41.3 Å². The van der Waals surface area contributed by atoms with Crippen LogP contribution in [0.4, 0.5) is 15.8 Å². The Bertz CT molecular complexity index is 763. The van der Waals surface area contributed by atoms with Gasteiger partial charge in [0.05, 0.1) is 10.6 Å². The molecule has 106 valence electrons. The van der Waals surface area contributed by atoms with E-state index >= 15 is 0 Å². The van der Waals surface area contributed by atoms with Crippen molar-refractivity contribution in [3.8, 4) is 0 Å². The summed E-state index contributed by atoms with van der Waals surface area (Å²) in [6, 6.07) is 7.89. The Balaban J connectivity index is 2.40. The number of nitrogens with two attached hydrogens (primary N) is 1. The van der Waals surface area contributed by atoms with Gasteiger partial charge in [-0.15, -0.1) is 0 Å². The largest absolute Gasteiger partial charge is 0.399 e. The normalized spacial score (nSPS) is 11.3. The first-order valence-corrected chi connectivity index (χ1v) is 7.50. The average molecular weight is 315 g/mol. The Morgan fingerprint density at radius 1 is 1.20 bits per heavy atom. The summed E-state index contributed by atoms with van der Waals surface area (Å²) in [6.07, 6.45) is 0. The van der Waals surface area contributed by atoms with E-state index in [0.29, 0.717) is 11.3 Å². The molecule has 0 amide bonds. The third-order valence-corrected chi connectivity index (χ3v) is 4.32. The van der Waals surface area contributed by atoms with Crippen molar-refractivity contribution in [1.29, 1.82) is 0 Å². The van der Waals surface area contributed by atoms with Crippen LogP contribution in [-0.4, -0.2) is 8.42 Å². The summed E-state index contributed by atoms with van der Waals surface area (Å²) >= 11 is 5.72. The second-order valence-electron chi connectivity index (χ2n) is 4.25. The predicted molar refractivity (Wildman–Crippen MR) is 77.8 cm³/mol. The second-order valence-corrected chi connectivity index (χ2v) is 6.37. The summed E-state index contributed by atoms with van der Waals surface area (Å²) < 4.78 is 40.0. The number of sulfonamides is 1. The van der Waals surface area contributed by atoms with Crippen molar-refractivity contribution in [2.24, 2.45) is 0 Å². The molecular formula is C13H12ClFN2O2S. The first kappa shape index (κ1) is 14.6. The number of aryl methyl sites for hydroxylation is 1. The molecule has 2 rings (SSSR count). The lowest BCUT2D eigenvalue weighted by Gasteiger charge is -2.10. The van der Waals surface area contributed by atoms with Gasteiger partial charge in [-0.25, -0.2) is 12.8 Å². The predicted octanol–water partition coefficient (Wildman–Crippen LogP) is 3.17. The fraction of sp³-hybridized carbons (Fsp3) is 0.0769. The van der Waals surface area contributed by atoms with Crippen LogP contribution in [0, 0.1) is 12.7 Å². The molecule has 0 aliphatic rings. The van der Waals surface area contributed by atoms with Crippen molar-refractivity contribution >= 4 is 33.0 Å². The molecule has 2 aromatic rings. The van der Waals surface area contributed by atoms with Gasteiger partial charge in [-0.1, -0.05) is 11.6 Å². The van der Waals surface area contributed by atoms with Crippen LogP contribution < -0.4 is 10.5 Å². The van der Waals surface area contributed by atoms with Crippen molar-refractivity contribution in [2.75, 3.05) is 10.5 Å². The number of anilines is 2. The molecule has 7 heteroatoms. The lowest BCUT2D eigenvalue weighted by atomic mass is 10.2. The number of hydrogen-bond donors (Lipinski definition) is 2. The molecule has 3 N–H and O–H groups in total. The van der Waals surface area contributed by atoms with E-state index in [2.05, 4.69) is 4.72 Å². The van der Waals surface area contributed by atoms with Crippen LogP contribution in [0.1, 0.15) is 5.56 Å². The lowest BCUT2D eigenvalue weighted by molar-refractivity contribution is 0.598. The molecule has 2 aromatic carbocycles. The summed E-state index contributed by atoms with van der Waals surface area (Å²) in [5, 5.41) is 0.234. The standard InChI is InChI=1S/C13H12ClFN2O2S/c1-8-6-10(3-5-12(8)16)20(18,19)17-13-7-9(14)2-4-11(13)15/h2-7,17H,16H2,1H3. The molecule has 0 atom stereocenters. The topological polar surface area (TPSA) is 72.2 Å². The van der Waals surface area contributed by atoms with E-state index in [9.17, 15) is 12.8 Å². The highest BCUT2D eigenvalue weighted by molar-refractivity contribution is 7.92. The number of benzene rings is 2. The Labute approximate surface area is 121 Å². The summed E-state index contributed by atoms with van der Waals surface area (Å²) in [6.45, 7) is 1.69. The minimum absolute atomic E-state index is 0.00331. The quantitative estimate of drug-likeness (QED) is 0.855. The fourth-order valence-corrected chi connectivity index (χ4v) is 2.91. The van der Waals surface area contributed by atoms with Gasteiger partial charge in [-0.2, -0.15) is 0 Å². The van der Waals surface area contributed by atoms with Crippen molar-refractivity contribution in [3.05, 3.63) is 52.8 Å². The van der Waals surface area contributed by atoms with Gasteiger partial charge in [0.25, 0.3) is 10.0 Å². The monoisotopic (exact) mass is 314 g/mol. The highest BCUT2D eigenvalue weighted by Crippen LogP contribution is 2.24. The molecule has 0 bridgehead atoms. The summed E-state index contributed by atoms with van der Waals surface area (Å²) in [7, 11) is -3.90. The highest BCUT2D eigenvalue weighted by Gasteiger charge is 2.17. The van der Waals surface area contributed by atoms with Gasteiger partial charge in [-0.05, 0) is 48.9 Å². The van der Waals surface area contributed by atoms with Crippen molar-refractivity contribution in [3.63, 3.8) is 0 Å². The molecule has 0 aliphatic carbocycles. The molecule has 0 saturated carbocycles. The average Bonchev–Trinajstić information content (AvgIpc) is 2.36. The summed E-state index contributed by atoms with van der Waals surface area (Å²) in [5.41, 5.74) is 6.54. The highest BCUT2D eigenvalue weighted by atomic mass is 35.5. The molecule has 20 heavy (non-hydrogen) atoms. The zero-order chi connectivity index (χ0) is 14.9. The molecule has 4 nitrogen and oxygen atoms in total. The number of nitrogens with one attached hydrogen (secondary N) is 1. The number of halogens is 2. The Kier molecular flexibility index (Phi) is 3.87. The van der Waals surface area contributed by atoms with Gasteiger partial charge in [0.1, 0.15) is 5.82 Å². The van der Waals surface area contributed by atoms with Crippen molar-refractivity contribution in [2.45, 2.75) is 11.8 Å². The number of nitrogen functional groups attached to an aromatic ring is 1. The Morgan fingerprint density at radius 2 is 1.90 bits per heavy atom. The maximum absolute atomic E-state index is 13.6. The minimum Gasteiger partial charge on any atom is -0.399 e. The summed E-state index contributed by atoms with van der Waals surface area (Å²) in [5.74, 6) is -0.704. The van der Waals surface area contributed by atoms with E-state index in [1.807, 2.05) is 0 Å². The van der Waals surface area contributed by atoms with E-state index in [0.717, 1.165) is 6.07 Å². The van der Waals surface area contributed by atoms with Crippen LogP contribution >= 0.6 is 11.6 Å². The van der Waals surface area contributed by atoms with Gasteiger partial charge >= 0.3 is 0 Å². The maximum Gasteiger partial charge on any atom is 0.261 e. The molecule has 0 aliphatic heterocycles. The molecular weight excluding hydrogens is 303 g/mol. The lowest BCUT2D eigenvalue weighted by Crippen LogP contribution is -2.14. The van der Waals surface area contributed by atoms with Crippen LogP contribution in [0.25, 0.3) is 0 Å². The Morgan fingerprint density at radius 3 is 2.55 bits per heavy atom. The fourth-order valence-electron chi connectivity index (χ4n) is 1.59. The van der Waals surface area contributed by atoms with E-state index < -0.39 is 15.8 Å². The molecule has 0 fully saturated rings. The molecule has 0 heterocycles. The third-order valence-electron chi connectivity index (χ3n) is 2.72. The third kappa shape index (κ3) is 3.02. The van der Waals surface area contributed by atoms with Crippen LogP contribution in [0.3, 0.4) is 0 Å².